The number of anilines is 1. The van der Waals surface area contributed by atoms with Crippen molar-refractivity contribution < 1.29 is 24.2 Å². The van der Waals surface area contributed by atoms with Gasteiger partial charge in [-0.25, -0.2) is 9.18 Å². The highest BCUT2D eigenvalue weighted by atomic mass is 19.1. The number of hydrogen-bond acceptors (Lipinski definition) is 6. The Morgan fingerprint density at radius 2 is 1.81 bits per heavy atom. The zero-order chi connectivity index (χ0) is 25.7. The van der Waals surface area contributed by atoms with Crippen molar-refractivity contribution in [3.05, 3.63) is 68.1 Å². The summed E-state index contributed by atoms with van der Waals surface area (Å²) in [4.78, 5) is 52.0. The van der Waals surface area contributed by atoms with E-state index in [2.05, 4.69) is 0 Å². The molecule has 0 unspecified atom stereocenters. The van der Waals surface area contributed by atoms with Gasteiger partial charge in [-0.3, -0.25) is 14.4 Å². The standard InChI is InChI=1S/C25H25FN4O6/c1-14-23(33)21(31)4-5-29(14)13-22(32)28-8-6-27(7-9-28)20-11-19-16(10-18(20)26)24(34)17(25(35)36)12-30(19)15-2-3-15/h4-5,10-12,15,33H,2-3,6-9,13H2,1H3,(H,35,36). The van der Waals surface area contributed by atoms with Gasteiger partial charge in [0.05, 0.1) is 16.9 Å². The van der Waals surface area contributed by atoms with Crippen molar-refractivity contribution in [2.75, 3.05) is 31.1 Å². The summed E-state index contributed by atoms with van der Waals surface area (Å²) in [6.07, 6.45) is 4.53. The van der Waals surface area contributed by atoms with Crippen LogP contribution in [0.2, 0.25) is 0 Å². The van der Waals surface area contributed by atoms with E-state index in [1.165, 1.54) is 23.0 Å². The molecule has 0 spiro atoms. The molecule has 188 valence electrons. The molecule has 2 aliphatic rings. The third kappa shape index (κ3) is 4.10. The van der Waals surface area contributed by atoms with Crippen molar-refractivity contribution in [3.63, 3.8) is 0 Å². The number of aromatic hydroxyl groups is 1. The first-order valence-corrected chi connectivity index (χ1v) is 11.7. The van der Waals surface area contributed by atoms with Gasteiger partial charge in [-0.15, -0.1) is 0 Å². The quantitative estimate of drug-likeness (QED) is 0.551. The van der Waals surface area contributed by atoms with E-state index in [0.29, 0.717) is 43.1 Å². The number of carboxylic acid groups (broad SMARTS) is 1. The van der Waals surface area contributed by atoms with Crippen LogP contribution in [-0.4, -0.2) is 62.3 Å². The van der Waals surface area contributed by atoms with Crippen LogP contribution in [0.4, 0.5) is 10.1 Å². The number of amides is 1. The molecule has 5 rings (SSSR count). The molecule has 3 heterocycles. The number of carbonyl (C=O) groups is 2. The Bertz CT molecular complexity index is 1520. The number of pyridine rings is 2. The Balaban J connectivity index is 1.37. The fourth-order valence-corrected chi connectivity index (χ4v) is 4.68. The van der Waals surface area contributed by atoms with Crippen LogP contribution in [0, 0.1) is 12.7 Å². The normalized spacial score (nSPS) is 15.9. The van der Waals surface area contributed by atoms with Gasteiger partial charge in [0.25, 0.3) is 0 Å². The van der Waals surface area contributed by atoms with E-state index in [4.69, 9.17) is 0 Å². The maximum atomic E-state index is 15.2. The molecule has 1 aromatic carbocycles. The molecule has 0 bridgehead atoms. The minimum absolute atomic E-state index is 0.0381. The molecule has 1 aliphatic heterocycles. The summed E-state index contributed by atoms with van der Waals surface area (Å²) in [7, 11) is 0. The smallest absolute Gasteiger partial charge is 0.341 e. The van der Waals surface area contributed by atoms with Crippen LogP contribution in [-0.2, 0) is 11.3 Å². The first-order valence-electron chi connectivity index (χ1n) is 11.7. The molecule has 1 aliphatic carbocycles. The average molecular weight is 496 g/mol. The summed E-state index contributed by atoms with van der Waals surface area (Å²) in [5.74, 6) is -2.54. The molecule has 3 aromatic rings. The largest absolute Gasteiger partial charge is 0.503 e. The second-order valence-electron chi connectivity index (χ2n) is 9.25. The Morgan fingerprint density at radius 1 is 1.11 bits per heavy atom. The van der Waals surface area contributed by atoms with Crippen molar-refractivity contribution in [1.29, 1.82) is 0 Å². The number of piperazine rings is 1. The fraction of sp³-hybridized carbons (Fsp3) is 0.360. The van der Waals surface area contributed by atoms with Gasteiger partial charge in [-0.2, -0.15) is 0 Å². The van der Waals surface area contributed by atoms with Crippen LogP contribution in [0.5, 0.6) is 5.75 Å². The highest BCUT2D eigenvalue weighted by Crippen LogP contribution is 2.38. The summed E-state index contributed by atoms with van der Waals surface area (Å²) in [6.45, 7) is 2.94. The molecular formula is C25H25FN4O6. The summed E-state index contributed by atoms with van der Waals surface area (Å²) in [6, 6.07) is 3.99. The number of carboxylic acids is 1. The van der Waals surface area contributed by atoms with E-state index in [1.807, 2.05) is 4.90 Å². The lowest BCUT2D eigenvalue weighted by molar-refractivity contribution is -0.132. The Morgan fingerprint density at radius 3 is 2.44 bits per heavy atom. The number of aromatic nitrogens is 2. The number of nitrogens with zero attached hydrogens (tertiary/aromatic N) is 4. The highest BCUT2D eigenvalue weighted by Gasteiger charge is 2.29. The molecule has 1 saturated carbocycles. The number of aromatic carboxylic acids is 1. The maximum absolute atomic E-state index is 15.2. The zero-order valence-electron chi connectivity index (χ0n) is 19.6. The lowest BCUT2D eigenvalue weighted by atomic mass is 10.1. The molecule has 10 nitrogen and oxygen atoms in total. The van der Waals surface area contributed by atoms with Gasteiger partial charge in [0.2, 0.25) is 16.8 Å². The van der Waals surface area contributed by atoms with Crippen molar-refractivity contribution in [2.45, 2.75) is 32.4 Å². The van der Waals surface area contributed by atoms with Crippen molar-refractivity contribution >= 4 is 28.5 Å². The third-order valence-electron chi connectivity index (χ3n) is 6.96. The molecular weight excluding hydrogens is 471 g/mol. The molecule has 36 heavy (non-hydrogen) atoms. The number of hydrogen-bond donors (Lipinski definition) is 2. The molecule has 2 N–H and O–H groups in total. The van der Waals surface area contributed by atoms with E-state index in [1.54, 1.807) is 22.5 Å². The minimum atomic E-state index is -1.34. The topological polar surface area (TPSA) is 125 Å². The van der Waals surface area contributed by atoms with Gasteiger partial charge in [0.15, 0.2) is 5.75 Å². The monoisotopic (exact) mass is 496 g/mol. The SMILES string of the molecule is Cc1c(O)c(=O)ccn1CC(=O)N1CCN(c2cc3c(cc2F)c(=O)c(C(=O)O)cn3C2CC2)CC1. The third-order valence-corrected chi connectivity index (χ3v) is 6.96. The molecule has 2 aromatic heterocycles. The van der Waals surface area contributed by atoms with Gasteiger partial charge in [-0.1, -0.05) is 0 Å². The second-order valence-corrected chi connectivity index (χ2v) is 9.25. The van der Waals surface area contributed by atoms with Crippen molar-refractivity contribution in [2.24, 2.45) is 0 Å². The highest BCUT2D eigenvalue weighted by molar-refractivity contribution is 5.93. The Hall–Kier alpha value is -4.15. The molecule has 1 amide bonds. The number of carbonyl (C=O) groups excluding carboxylic acids is 1. The van der Waals surface area contributed by atoms with E-state index >= 15 is 4.39 Å². The molecule has 0 radical (unpaired) electrons. The Kier molecular flexibility index (Phi) is 5.77. The van der Waals surface area contributed by atoms with E-state index in [0.717, 1.165) is 18.9 Å². The number of benzene rings is 1. The predicted octanol–water partition coefficient (Wildman–Crippen LogP) is 1.70. The Labute approximate surface area is 204 Å². The average Bonchev–Trinajstić information content (AvgIpc) is 3.70. The van der Waals surface area contributed by atoms with Crippen LogP contribution >= 0.6 is 0 Å². The summed E-state index contributed by atoms with van der Waals surface area (Å²) >= 11 is 0. The van der Waals surface area contributed by atoms with Crippen LogP contribution in [0.25, 0.3) is 10.9 Å². The molecule has 11 heteroatoms. The fourth-order valence-electron chi connectivity index (χ4n) is 4.68. The van der Waals surface area contributed by atoms with Crippen LogP contribution in [0.1, 0.15) is 34.9 Å². The summed E-state index contributed by atoms with van der Waals surface area (Å²) < 4.78 is 18.4. The first-order chi connectivity index (χ1) is 17.2. The number of halogens is 1. The van der Waals surface area contributed by atoms with Crippen LogP contribution in [0.15, 0.2) is 40.2 Å². The van der Waals surface area contributed by atoms with Gasteiger partial charge in [0, 0.05) is 56.1 Å². The van der Waals surface area contributed by atoms with Gasteiger partial charge in [0.1, 0.15) is 17.9 Å². The second kappa shape index (κ2) is 8.81. The maximum Gasteiger partial charge on any atom is 0.341 e. The number of rotatable bonds is 5. The molecule has 1 saturated heterocycles. The van der Waals surface area contributed by atoms with Crippen LogP contribution in [0.3, 0.4) is 0 Å². The number of fused-ring (bicyclic) bond motifs is 1. The first kappa shape index (κ1) is 23.6. The van der Waals surface area contributed by atoms with Gasteiger partial charge >= 0.3 is 5.97 Å². The van der Waals surface area contributed by atoms with Crippen molar-refractivity contribution in [1.82, 2.24) is 14.0 Å². The summed E-state index contributed by atoms with van der Waals surface area (Å²) in [5.41, 5.74) is -0.489. The zero-order valence-corrected chi connectivity index (χ0v) is 19.6. The minimum Gasteiger partial charge on any atom is -0.503 e. The van der Waals surface area contributed by atoms with E-state index in [9.17, 15) is 29.4 Å². The van der Waals surface area contributed by atoms with Gasteiger partial charge < -0.3 is 29.1 Å². The van der Waals surface area contributed by atoms with E-state index < -0.39 is 22.6 Å². The van der Waals surface area contributed by atoms with E-state index in [-0.39, 0.29) is 35.2 Å². The van der Waals surface area contributed by atoms with Gasteiger partial charge in [-0.05, 0) is 31.9 Å². The lowest BCUT2D eigenvalue weighted by Crippen LogP contribution is -2.50. The lowest BCUT2D eigenvalue weighted by Gasteiger charge is -2.36. The molecule has 2 fully saturated rings. The van der Waals surface area contributed by atoms with Crippen molar-refractivity contribution in [3.8, 4) is 5.75 Å². The predicted molar refractivity (Wildman–Crippen MR) is 129 cm³/mol. The molecule has 0 atom stereocenters. The summed E-state index contributed by atoms with van der Waals surface area (Å²) in [5, 5.41) is 19.3. The van der Waals surface area contributed by atoms with Crippen LogP contribution < -0.4 is 15.8 Å².